The maximum atomic E-state index is 13.4. The maximum Gasteiger partial charge on any atom is 0.243 e. The first-order valence-electron chi connectivity index (χ1n) is 10.8. The number of aromatic nitrogens is 2. The Balaban J connectivity index is 1.43. The number of benzene rings is 2. The van der Waals surface area contributed by atoms with Crippen molar-refractivity contribution in [1.29, 1.82) is 0 Å². The zero-order valence-electron chi connectivity index (χ0n) is 18.9. The second kappa shape index (κ2) is 10.00. The van der Waals surface area contributed by atoms with Gasteiger partial charge in [-0.1, -0.05) is 0 Å². The summed E-state index contributed by atoms with van der Waals surface area (Å²) in [6.45, 7) is 1.74. The van der Waals surface area contributed by atoms with Gasteiger partial charge < -0.3 is 15.5 Å². The predicted molar refractivity (Wildman–Crippen MR) is 127 cm³/mol. The van der Waals surface area contributed by atoms with Crippen molar-refractivity contribution in [3.8, 4) is 0 Å². The van der Waals surface area contributed by atoms with E-state index in [9.17, 15) is 17.2 Å². The van der Waals surface area contributed by atoms with Gasteiger partial charge in [0.2, 0.25) is 16.0 Å². The van der Waals surface area contributed by atoms with Gasteiger partial charge in [0.15, 0.2) is 11.6 Å². The number of halogens is 2. The second-order valence-corrected chi connectivity index (χ2v) is 10.2. The van der Waals surface area contributed by atoms with Crippen LogP contribution in [0, 0.1) is 11.6 Å². The van der Waals surface area contributed by atoms with E-state index in [-0.39, 0.29) is 16.9 Å². The fourth-order valence-electron chi connectivity index (χ4n) is 3.77. The Morgan fingerprint density at radius 2 is 1.65 bits per heavy atom. The summed E-state index contributed by atoms with van der Waals surface area (Å²) in [4.78, 5) is 10.9. The Hall–Kier alpha value is -3.15. The van der Waals surface area contributed by atoms with Gasteiger partial charge in [-0.3, -0.25) is 0 Å². The van der Waals surface area contributed by atoms with Crippen LogP contribution in [-0.4, -0.2) is 60.8 Å². The summed E-state index contributed by atoms with van der Waals surface area (Å²) in [6.07, 6.45) is 3.11. The quantitative estimate of drug-likeness (QED) is 0.520. The lowest BCUT2D eigenvalue weighted by atomic mass is 10.1. The van der Waals surface area contributed by atoms with Gasteiger partial charge in [0.1, 0.15) is 5.82 Å². The molecule has 1 aliphatic rings. The Morgan fingerprint density at radius 1 is 0.971 bits per heavy atom. The molecule has 34 heavy (non-hydrogen) atoms. The molecule has 1 saturated heterocycles. The number of nitrogens with one attached hydrogen (secondary N) is 2. The highest BCUT2D eigenvalue weighted by atomic mass is 32.2. The van der Waals surface area contributed by atoms with Crippen LogP contribution in [0.2, 0.25) is 0 Å². The van der Waals surface area contributed by atoms with Crippen molar-refractivity contribution >= 4 is 33.2 Å². The molecular weight excluding hydrogens is 462 g/mol. The third kappa shape index (κ3) is 5.49. The first-order valence-corrected chi connectivity index (χ1v) is 12.3. The molecule has 180 valence electrons. The van der Waals surface area contributed by atoms with Crippen LogP contribution in [0.3, 0.4) is 0 Å². The molecule has 0 atom stereocenters. The van der Waals surface area contributed by atoms with E-state index in [4.69, 9.17) is 0 Å². The van der Waals surface area contributed by atoms with E-state index in [1.54, 1.807) is 37.4 Å². The standard InChI is InChI=1S/C23H26F2N6O2S/c1-30-13-10-18(11-14-30)31(2)34(32,33)19-6-3-16(4-7-19)28-23-26-12-9-22(29-23)27-17-5-8-20(24)21(25)15-17/h3-9,12,15,18H,10-11,13-14H2,1-2H3,(H2,26,27,28,29). The first-order chi connectivity index (χ1) is 16.2. The molecule has 0 amide bonds. The summed E-state index contributed by atoms with van der Waals surface area (Å²) in [5.41, 5.74) is 0.942. The fourth-order valence-corrected chi connectivity index (χ4v) is 5.19. The van der Waals surface area contributed by atoms with Crippen LogP contribution < -0.4 is 10.6 Å². The molecule has 3 aromatic rings. The van der Waals surface area contributed by atoms with Crippen molar-refractivity contribution in [2.24, 2.45) is 0 Å². The number of hydrogen-bond acceptors (Lipinski definition) is 7. The van der Waals surface area contributed by atoms with Crippen molar-refractivity contribution in [2.45, 2.75) is 23.8 Å². The summed E-state index contributed by atoms with van der Waals surface area (Å²) in [5.74, 6) is -1.26. The number of hydrogen-bond donors (Lipinski definition) is 2. The topological polar surface area (TPSA) is 90.5 Å². The molecule has 8 nitrogen and oxygen atoms in total. The minimum Gasteiger partial charge on any atom is -0.340 e. The van der Waals surface area contributed by atoms with Crippen molar-refractivity contribution in [3.05, 3.63) is 66.4 Å². The van der Waals surface area contributed by atoms with Crippen molar-refractivity contribution in [1.82, 2.24) is 19.2 Å². The molecule has 0 aliphatic carbocycles. The lowest BCUT2D eigenvalue weighted by Crippen LogP contribution is -2.44. The molecule has 2 heterocycles. The third-order valence-corrected chi connectivity index (χ3v) is 7.76. The molecule has 2 aromatic carbocycles. The van der Waals surface area contributed by atoms with E-state index in [1.165, 1.54) is 16.6 Å². The van der Waals surface area contributed by atoms with Crippen LogP contribution in [0.4, 0.5) is 31.9 Å². The summed E-state index contributed by atoms with van der Waals surface area (Å²) < 4.78 is 54.1. The fraction of sp³-hybridized carbons (Fsp3) is 0.304. The average molecular weight is 489 g/mol. The van der Waals surface area contributed by atoms with Crippen LogP contribution in [0.5, 0.6) is 0 Å². The van der Waals surface area contributed by atoms with E-state index in [0.29, 0.717) is 17.2 Å². The van der Waals surface area contributed by atoms with Crippen LogP contribution in [0.25, 0.3) is 0 Å². The maximum absolute atomic E-state index is 13.4. The summed E-state index contributed by atoms with van der Waals surface area (Å²) in [6, 6.07) is 11.4. The summed E-state index contributed by atoms with van der Waals surface area (Å²) >= 11 is 0. The Bertz CT molecular complexity index is 1250. The minimum absolute atomic E-state index is 0.0165. The number of sulfonamides is 1. The van der Waals surface area contributed by atoms with Gasteiger partial charge in [0, 0.05) is 36.7 Å². The van der Waals surface area contributed by atoms with E-state index >= 15 is 0 Å². The Labute approximate surface area is 197 Å². The van der Waals surface area contributed by atoms with E-state index in [0.717, 1.165) is 38.1 Å². The van der Waals surface area contributed by atoms with Crippen LogP contribution in [0.15, 0.2) is 59.6 Å². The molecular formula is C23H26F2N6O2S. The van der Waals surface area contributed by atoms with E-state index in [1.807, 2.05) is 7.05 Å². The molecule has 2 N–H and O–H groups in total. The van der Waals surface area contributed by atoms with Gasteiger partial charge >= 0.3 is 0 Å². The number of rotatable bonds is 7. The molecule has 1 aliphatic heterocycles. The van der Waals surface area contributed by atoms with E-state index < -0.39 is 21.7 Å². The molecule has 0 unspecified atom stereocenters. The summed E-state index contributed by atoms with van der Waals surface area (Å²) in [7, 11) is 0.0668. The molecule has 4 rings (SSSR count). The van der Waals surface area contributed by atoms with Gasteiger partial charge in [-0.15, -0.1) is 0 Å². The van der Waals surface area contributed by atoms with Gasteiger partial charge in [-0.05, 0) is 75.4 Å². The highest BCUT2D eigenvalue weighted by molar-refractivity contribution is 7.89. The molecule has 0 bridgehead atoms. The van der Waals surface area contributed by atoms with Crippen molar-refractivity contribution < 1.29 is 17.2 Å². The Kier molecular flexibility index (Phi) is 7.05. The predicted octanol–water partition coefficient (Wildman–Crippen LogP) is 3.96. The van der Waals surface area contributed by atoms with Crippen LogP contribution >= 0.6 is 0 Å². The van der Waals surface area contributed by atoms with Crippen molar-refractivity contribution in [2.75, 3.05) is 37.8 Å². The van der Waals surface area contributed by atoms with Gasteiger partial charge in [0.25, 0.3) is 0 Å². The van der Waals surface area contributed by atoms with Crippen LogP contribution in [0.1, 0.15) is 12.8 Å². The molecule has 1 fully saturated rings. The van der Waals surface area contributed by atoms with Gasteiger partial charge in [-0.2, -0.15) is 9.29 Å². The number of likely N-dealkylation sites (tertiary alicyclic amines) is 1. The number of nitrogens with zero attached hydrogens (tertiary/aromatic N) is 4. The summed E-state index contributed by atoms with van der Waals surface area (Å²) in [5, 5.41) is 5.90. The zero-order valence-corrected chi connectivity index (χ0v) is 19.7. The second-order valence-electron chi connectivity index (χ2n) is 8.22. The normalized spacial score (nSPS) is 15.4. The van der Waals surface area contributed by atoms with Gasteiger partial charge in [0.05, 0.1) is 4.90 Å². The molecule has 11 heteroatoms. The highest BCUT2D eigenvalue weighted by Gasteiger charge is 2.30. The highest BCUT2D eigenvalue weighted by Crippen LogP contribution is 2.25. The third-order valence-electron chi connectivity index (χ3n) is 5.84. The molecule has 0 saturated carbocycles. The molecule has 1 aromatic heterocycles. The smallest absolute Gasteiger partial charge is 0.243 e. The number of piperidine rings is 1. The number of anilines is 4. The largest absolute Gasteiger partial charge is 0.340 e. The average Bonchev–Trinajstić information content (AvgIpc) is 2.82. The Morgan fingerprint density at radius 3 is 2.32 bits per heavy atom. The van der Waals surface area contributed by atoms with Crippen LogP contribution in [-0.2, 0) is 10.0 Å². The SMILES string of the molecule is CN1CCC(N(C)S(=O)(=O)c2ccc(Nc3nccc(Nc4ccc(F)c(F)c4)n3)cc2)CC1. The zero-order chi connectivity index (χ0) is 24.3. The first kappa shape index (κ1) is 24.0. The monoisotopic (exact) mass is 488 g/mol. The lowest BCUT2D eigenvalue weighted by Gasteiger charge is -2.34. The molecule has 0 radical (unpaired) electrons. The molecule has 0 spiro atoms. The lowest BCUT2D eigenvalue weighted by molar-refractivity contribution is 0.197. The van der Waals surface area contributed by atoms with E-state index in [2.05, 4.69) is 25.5 Å². The van der Waals surface area contributed by atoms with Crippen molar-refractivity contribution in [3.63, 3.8) is 0 Å². The van der Waals surface area contributed by atoms with Gasteiger partial charge in [-0.25, -0.2) is 22.2 Å². The minimum atomic E-state index is -3.61.